The first-order chi connectivity index (χ1) is 16.9. The smallest absolute Gasteiger partial charge is 0.379 e. The van der Waals surface area contributed by atoms with Crippen molar-refractivity contribution in [2.75, 3.05) is 31.6 Å². The number of anilines is 1. The highest BCUT2D eigenvalue weighted by molar-refractivity contribution is 6.03. The predicted molar refractivity (Wildman–Crippen MR) is 122 cm³/mol. The molecule has 0 unspecified atom stereocenters. The summed E-state index contributed by atoms with van der Waals surface area (Å²) in [6, 6.07) is 13.4. The van der Waals surface area contributed by atoms with Crippen molar-refractivity contribution in [3.63, 3.8) is 0 Å². The second kappa shape index (κ2) is 9.43. The van der Waals surface area contributed by atoms with E-state index in [0.717, 1.165) is 30.9 Å². The number of hydrogen-bond acceptors (Lipinski definition) is 6. The summed E-state index contributed by atoms with van der Waals surface area (Å²) in [5, 5.41) is 2.75. The lowest BCUT2D eigenvalue weighted by atomic mass is 10.2. The molecule has 1 N–H and O–H groups in total. The van der Waals surface area contributed by atoms with Crippen LogP contribution >= 0.6 is 0 Å². The van der Waals surface area contributed by atoms with Crippen molar-refractivity contribution >= 4 is 22.9 Å². The van der Waals surface area contributed by atoms with Gasteiger partial charge in [-0.2, -0.15) is 13.2 Å². The molecule has 180 valence electrons. The molecule has 0 radical (unpaired) electrons. The van der Waals surface area contributed by atoms with Crippen LogP contribution in [0.3, 0.4) is 0 Å². The molecular weight excluding hydrogens is 461 g/mol. The SMILES string of the molecule is O=C(Nc1cccc(CN2CCOCC2)n1)c1ccc2ncn(-c3cccc(C(F)(F)F)c3)c2n1. The molecule has 3 aromatic heterocycles. The summed E-state index contributed by atoms with van der Waals surface area (Å²) in [5.41, 5.74) is 1.08. The van der Waals surface area contributed by atoms with Crippen LogP contribution in [0.5, 0.6) is 0 Å². The van der Waals surface area contributed by atoms with E-state index in [2.05, 4.69) is 25.2 Å². The molecule has 5 rings (SSSR count). The second-order valence-electron chi connectivity index (χ2n) is 8.06. The van der Waals surface area contributed by atoms with Crippen LogP contribution in [0.1, 0.15) is 21.7 Å². The van der Waals surface area contributed by atoms with Gasteiger partial charge in [-0.1, -0.05) is 12.1 Å². The summed E-state index contributed by atoms with van der Waals surface area (Å²) >= 11 is 0. The number of hydrogen-bond donors (Lipinski definition) is 1. The van der Waals surface area contributed by atoms with Gasteiger partial charge in [0.25, 0.3) is 5.91 Å². The number of carbonyl (C=O) groups excluding carboxylic acids is 1. The van der Waals surface area contributed by atoms with E-state index in [4.69, 9.17) is 4.74 Å². The highest BCUT2D eigenvalue weighted by atomic mass is 19.4. The molecule has 0 spiro atoms. The van der Waals surface area contributed by atoms with Gasteiger partial charge < -0.3 is 10.1 Å². The number of aromatic nitrogens is 4. The third-order valence-electron chi connectivity index (χ3n) is 5.62. The van der Waals surface area contributed by atoms with Crippen molar-refractivity contribution in [3.05, 3.63) is 77.9 Å². The summed E-state index contributed by atoms with van der Waals surface area (Å²) in [4.78, 5) is 28.2. The van der Waals surface area contributed by atoms with E-state index in [-0.39, 0.29) is 17.0 Å². The fraction of sp³-hybridized carbons (Fsp3) is 0.250. The van der Waals surface area contributed by atoms with Crippen molar-refractivity contribution < 1.29 is 22.7 Å². The normalized spacial score (nSPS) is 14.8. The summed E-state index contributed by atoms with van der Waals surface area (Å²) in [5.74, 6) is -0.103. The second-order valence-corrected chi connectivity index (χ2v) is 8.06. The van der Waals surface area contributed by atoms with Crippen molar-refractivity contribution in [1.82, 2.24) is 24.4 Å². The Morgan fingerprint density at radius 2 is 1.83 bits per heavy atom. The summed E-state index contributed by atoms with van der Waals surface area (Å²) < 4.78 is 46.2. The first-order valence-corrected chi connectivity index (χ1v) is 11.0. The Morgan fingerprint density at radius 3 is 2.63 bits per heavy atom. The number of imidazole rings is 1. The van der Waals surface area contributed by atoms with E-state index in [0.29, 0.717) is 31.1 Å². The number of carbonyl (C=O) groups is 1. The molecule has 1 aromatic carbocycles. The lowest BCUT2D eigenvalue weighted by Gasteiger charge is -2.26. The van der Waals surface area contributed by atoms with Gasteiger partial charge >= 0.3 is 6.18 Å². The molecule has 1 aliphatic heterocycles. The monoisotopic (exact) mass is 482 g/mol. The van der Waals surface area contributed by atoms with Crippen LogP contribution in [0, 0.1) is 0 Å². The molecule has 1 aliphatic rings. The maximum absolute atomic E-state index is 13.2. The minimum Gasteiger partial charge on any atom is -0.379 e. The van der Waals surface area contributed by atoms with E-state index in [9.17, 15) is 18.0 Å². The Morgan fingerprint density at radius 1 is 1.03 bits per heavy atom. The van der Waals surface area contributed by atoms with E-state index >= 15 is 0 Å². The number of nitrogens with one attached hydrogen (secondary N) is 1. The molecule has 1 saturated heterocycles. The fourth-order valence-corrected chi connectivity index (χ4v) is 3.85. The van der Waals surface area contributed by atoms with Gasteiger partial charge in [-0.05, 0) is 42.5 Å². The van der Waals surface area contributed by atoms with Crippen molar-refractivity contribution in [3.8, 4) is 5.69 Å². The third kappa shape index (κ3) is 5.15. The summed E-state index contributed by atoms with van der Waals surface area (Å²) in [7, 11) is 0. The molecule has 1 amide bonds. The van der Waals surface area contributed by atoms with Crippen molar-refractivity contribution in [2.24, 2.45) is 0 Å². The molecule has 4 heterocycles. The van der Waals surface area contributed by atoms with Crippen LogP contribution in [0.2, 0.25) is 0 Å². The van der Waals surface area contributed by atoms with Gasteiger partial charge in [-0.3, -0.25) is 14.3 Å². The minimum absolute atomic E-state index is 0.0895. The van der Waals surface area contributed by atoms with Crippen LogP contribution in [0.15, 0.2) is 60.9 Å². The molecule has 0 bridgehead atoms. The van der Waals surface area contributed by atoms with Crippen LogP contribution in [0.4, 0.5) is 19.0 Å². The number of nitrogens with zero attached hydrogens (tertiary/aromatic N) is 5. The lowest BCUT2D eigenvalue weighted by molar-refractivity contribution is -0.137. The van der Waals surface area contributed by atoms with Gasteiger partial charge in [-0.25, -0.2) is 15.0 Å². The summed E-state index contributed by atoms with van der Waals surface area (Å²) in [6.45, 7) is 3.65. The van der Waals surface area contributed by atoms with Crippen LogP contribution in [-0.2, 0) is 17.5 Å². The molecule has 4 aromatic rings. The largest absolute Gasteiger partial charge is 0.416 e. The predicted octanol–water partition coefficient (Wildman–Crippen LogP) is 3.92. The Bertz CT molecular complexity index is 1360. The van der Waals surface area contributed by atoms with Crippen molar-refractivity contribution in [1.29, 1.82) is 0 Å². The van der Waals surface area contributed by atoms with Gasteiger partial charge in [0.1, 0.15) is 23.4 Å². The van der Waals surface area contributed by atoms with E-state index in [1.807, 2.05) is 12.1 Å². The van der Waals surface area contributed by atoms with Gasteiger partial charge in [0.15, 0.2) is 5.65 Å². The van der Waals surface area contributed by atoms with Crippen molar-refractivity contribution in [2.45, 2.75) is 12.7 Å². The van der Waals surface area contributed by atoms with E-state index in [1.165, 1.54) is 29.1 Å². The summed E-state index contributed by atoms with van der Waals surface area (Å²) in [6.07, 6.45) is -3.10. The van der Waals surface area contributed by atoms with Gasteiger partial charge in [0, 0.05) is 25.3 Å². The van der Waals surface area contributed by atoms with Crippen LogP contribution < -0.4 is 5.32 Å². The van der Waals surface area contributed by atoms with Gasteiger partial charge in [0.05, 0.1) is 24.5 Å². The van der Waals surface area contributed by atoms with Crippen LogP contribution in [-0.4, -0.2) is 56.6 Å². The Labute approximate surface area is 198 Å². The average Bonchev–Trinajstić information content (AvgIpc) is 3.28. The average molecular weight is 482 g/mol. The molecule has 0 atom stereocenters. The number of amides is 1. The third-order valence-corrected chi connectivity index (χ3v) is 5.62. The minimum atomic E-state index is -4.48. The highest BCUT2D eigenvalue weighted by Crippen LogP contribution is 2.31. The topological polar surface area (TPSA) is 85.2 Å². The Kier molecular flexibility index (Phi) is 6.18. The fourth-order valence-electron chi connectivity index (χ4n) is 3.85. The zero-order valence-electron chi connectivity index (χ0n) is 18.5. The first-order valence-electron chi connectivity index (χ1n) is 11.0. The molecule has 35 heavy (non-hydrogen) atoms. The number of halogens is 3. The zero-order valence-corrected chi connectivity index (χ0v) is 18.5. The molecule has 8 nitrogen and oxygen atoms in total. The molecule has 0 aliphatic carbocycles. The molecular formula is C24H21F3N6O2. The maximum atomic E-state index is 13.2. The van der Waals surface area contributed by atoms with E-state index < -0.39 is 17.6 Å². The van der Waals surface area contributed by atoms with Gasteiger partial charge in [-0.15, -0.1) is 0 Å². The zero-order chi connectivity index (χ0) is 24.4. The number of ether oxygens (including phenoxy) is 1. The maximum Gasteiger partial charge on any atom is 0.416 e. The Hall–Kier alpha value is -3.83. The van der Waals surface area contributed by atoms with Gasteiger partial charge in [0.2, 0.25) is 0 Å². The van der Waals surface area contributed by atoms with Crippen LogP contribution in [0.25, 0.3) is 16.9 Å². The quantitative estimate of drug-likeness (QED) is 0.464. The number of fused-ring (bicyclic) bond motifs is 1. The Balaban J connectivity index is 1.37. The number of alkyl halides is 3. The molecule has 11 heteroatoms. The molecule has 1 fully saturated rings. The standard InChI is InChI=1S/C24H21F3N6O2/c25-24(26,27)16-3-1-5-18(13-16)33-15-28-19-7-8-20(30-22(19)33)23(34)31-21-6-2-4-17(29-21)14-32-9-11-35-12-10-32/h1-8,13,15H,9-12,14H2,(H,29,31,34). The number of benzene rings is 1. The lowest BCUT2D eigenvalue weighted by Crippen LogP contribution is -2.35. The van der Waals surface area contributed by atoms with E-state index in [1.54, 1.807) is 12.1 Å². The number of pyridine rings is 2. The molecule has 0 saturated carbocycles. The number of rotatable bonds is 5. The number of morpholine rings is 1. The first kappa shape index (κ1) is 22.9. The highest BCUT2D eigenvalue weighted by Gasteiger charge is 2.30.